The van der Waals surface area contributed by atoms with E-state index in [9.17, 15) is 5.26 Å². The van der Waals surface area contributed by atoms with Gasteiger partial charge in [-0.3, -0.25) is 5.10 Å². The zero-order valence-corrected chi connectivity index (χ0v) is 19.5. The van der Waals surface area contributed by atoms with Crippen molar-refractivity contribution in [2.75, 3.05) is 27.4 Å². The van der Waals surface area contributed by atoms with E-state index in [0.717, 1.165) is 11.1 Å². The molecule has 9 heteroatoms. The Morgan fingerprint density at radius 2 is 1.65 bits per heavy atom. The minimum Gasteiger partial charge on any atom is -0.493 e. The number of aromatic amines is 1. The SMILES string of the molecule is CCOc1ccc(-c2[nH]nc3c2[C@H](c2ccc(OCC)c(OC)c2)C(C#N)=C(N)O3)cc1OC. The van der Waals surface area contributed by atoms with Crippen LogP contribution < -0.4 is 29.4 Å². The minimum absolute atomic E-state index is 0.00942. The van der Waals surface area contributed by atoms with Crippen molar-refractivity contribution in [1.29, 1.82) is 5.26 Å². The zero-order chi connectivity index (χ0) is 24.2. The van der Waals surface area contributed by atoms with Crippen LogP contribution in [-0.4, -0.2) is 37.6 Å². The molecule has 0 saturated carbocycles. The summed E-state index contributed by atoms with van der Waals surface area (Å²) in [5.41, 5.74) is 9.32. The highest BCUT2D eigenvalue weighted by Crippen LogP contribution is 2.47. The van der Waals surface area contributed by atoms with Crippen molar-refractivity contribution in [3.8, 4) is 46.2 Å². The molecule has 2 aromatic carbocycles. The number of nitrogens with zero attached hydrogens (tertiary/aromatic N) is 2. The molecule has 3 N–H and O–H groups in total. The van der Waals surface area contributed by atoms with E-state index in [1.165, 1.54) is 0 Å². The highest BCUT2D eigenvalue weighted by Gasteiger charge is 2.36. The van der Waals surface area contributed by atoms with Crippen LogP contribution in [0.3, 0.4) is 0 Å². The molecule has 0 aliphatic carbocycles. The van der Waals surface area contributed by atoms with Crippen LogP contribution in [0, 0.1) is 11.3 Å². The van der Waals surface area contributed by atoms with Crippen LogP contribution in [0.2, 0.25) is 0 Å². The summed E-state index contributed by atoms with van der Waals surface area (Å²) < 4.78 is 28.1. The second-order valence-corrected chi connectivity index (χ2v) is 7.38. The fourth-order valence-corrected chi connectivity index (χ4v) is 4.03. The molecular weight excluding hydrogens is 436 g/mol. The van der Waals surface area contributed by atoms with Crippen molar-refractivity contribution in [2.24, 2.45) is 5.73 Å². The predicted octanol–water partition coefficient (Wildman–Crippen LogP) is 4.11. The number of hydrogen-bond donors (Lipinski definition) is 2. The number of fused-ring (bicyclic) bond motifs is 1. The summed E-state index contributed by atoms with van der Waals surface area (Å²) >= 11 is 0. The number of aromatic nitrogens is 2. The van der Waals surface area contributed by atoms with Crippen molar-refractivity contribution in [1.82, 2.24) is 10.2 Å². The van der Waals surface area contributed by atoms with Crippen molar-refractivity contribution in [3.05, 3.63) is 59.0 Å². The standard InChI is InChI=1S/C25H26N4O5/c1-5-32-17-9-7-14(11-19(17)30-3)21-16(13-26)24(27)34-25-22(21)23(28-29-25)15-8-10-18(33-6-2)20(12-15)31-4/h7-12,21H,5-6,27H2,1-4H3,(H,28,29)/t21-/m1/s1. The number of nitrogens with two attached hydrogens (primary N) is 1. The Labute approximate surface area is 197 Å². The second kappa shape index (κ2) is 9.67. The Morgan fingerprint density at radius 3 is 2.26 bits per heavy atom. The molecular formula is C25H26N4O5. The topological polar surface area (TPSA) is 125 Å². The molecule has 1 aliphatic rings. The molecule has 176 valence electrons. The number of benzene rings is 2. The second-order valence-electron chi connectivity index (χ2n) is 7.38. The number of rotatable bonds is 8. The Morgan fingerprint density at radius 1 is 1.00 bits per heavy atom. The molecule has 1 atom stereocenters. The van der Waals surface area contributed by atoms with Gasteiger partial charge in [-0.1, -0.05) is 6.07 Å². The molecule has 4 rings (SSSR count). The highest BCUT2D eigenvalue weighted by atomic mass is 16.5. The van der Waals surface area contributed by atoms with Crippen LogP contribution in [-0.2, 0) is 0 Å². The molecule has 0 unspecified atom stereocenters. The van der Waals surface area contributed by atoms with Gasteiger partial charge in [0.15, 0.2) is 23.0 Å². The molecule has 0 saturated heterocycles. The summed E-state index contributed by atoms with van der Waals surface area (Å²) in [5, 5.41) is 17.3. The predicted molar refractivity (Wildman–Crippen MR) is 125 cm³/mol. The molecule has 0 bridgehead atoms. The fraction of sp³-hybridized carbons (Fsp3) is 0.280. The number of methoxy groups -OCH3 is 2. The van der Waals surface area contributed by atoms with Crippen LogP contribution in [0.1, 0.15) is 30.9 Å². The lowest BCUT2D eigenvalue weighted by Gasteiger charge is -2.25. The zero-order valence-electron chi connectivity index (χ0n) is 19.5. The molecule has 1 aromatic heterocycles. The lowest BCUT2D eigenvalue weighted by Crippen LogP contribution is -2.21. The van der Waals surface area contributed by atoms with Crippen molar-refractivity contribution in [3.63, 3.8) is 0 Å². The van der Waals surface area contributed by atoms with Gasteiger partial charge in [0.1, 0.15) is 11.6 Å². The van der Waals surface area contributed by atoms with Crippen molar-refractivity contribution < 1.29 is 23.7 Å². The van der Waals surface area contributed by atoms with Crippen LogP contribution in [0.4, 0.5) is 0 Å². The van der Waals surface area contributed by atoms with E-state index in [1.54, 1.807) is 14.2 Å². The first kappa shape index (κ1) is 22.9. The number of hydrogen-bond acceptors (Lipinski definition) is 8. The van der Waals surface area contributed by atoms with Gasteiger partial charge < -0.3 is 29.4 Å². The van der Waals surface area contributed by atoms with Crippen LogP contribution >= 0.6 is 0 Å². The first-order valence-corrected chi connectivity index (χ1v) is 10.8. The third kappa shape index (κ3) is 3.94. The maximum Gasteiger partial charge on any atom is 0.244 e. The van der Waals surface area contributed by atoms with Gasteiger partial charge in [0.25, 0.3) is 0 Å². The Balaban J connectivity index is 1.88. The third-order valence-corrected chi connectivity index (χ3v) is 5.51. The molecule has 0 amide bonds. The van der Waals surface area contributed by atoms with Gasteiger partial charge in [-0.2, -0.15) is 5.26 Å². The molecule has 34 heavy (non-hydrogen) atoms. The average molecular weight is 463 g/mol. The Bertz CT molecular complexity index is 1270. The van der Waals surface area contributed by atoms with Gasteiger partial charge in [-0.25, -0.2) is 0 Å². The summed E-state index contributed by atoms with van der Waals surface area (Å²) in [6, 6.07) is 13.3. The van der Waals surface area contributed by atoms with Gasteiger partial charge >= 0.3 is 0 Å². The first-order chi connectivity index (χ1) is 16.6. The van der Waals surface area contributed by atoms with E-state index in [1.807, 2.05) is 50.2 Å². The van der Waals surface area contributed by atoms with Gasteiger partial charge in [0.2, 0.25) is 11.8 Å². The van der Waals surface area contributed by atoms with Crippen LogP contribution in [0.15, 0.2) is 47.9 Å². The quantitative estimate of drug-likeness (QED) is 0.512. The van der Waals surface area contributed by atoms with Crippen molar-refractivity contribution in [2.45, 2.75) is 19.8 Å². The molecule has 9 nitrogen and oxygen atoms in total. The number of nitriles is 1. The van der Waals surface area contributed by atoms with Crippen LogP contribution in [0.5, 0.6) is 28.9 Å². The smallest absolute Gasteiger partial charge is 0.244 e. The first-order valence-electron chi connectivity index (χ1n) is 10.8. The Kier molecular flexibility index (Phi) is 6.50. The minimum atomic E-state index is -0.537. The third-order valence-electron chi connectivity index (χ3n) is 5.51. The Hall–Kier alpha value is -4.32. The van der Waals surface area contributed by atoms with Crippen molar-refractivity contribution >= 4 is 0 Å². The van der Waals surface area contributed by atoms with E-state index in [0.29, 0.717) is 53.3 Å². The van der Waals surface area contributed by atoms with Gasteiger partial charge in [-0.15, -0.1) is 5.10 Å². The molecule has 2 heterocycles. The van der Waals surface area contributed by atoms with E-state index >= 15 is 0 Å². The molecule has 0 spiro atoms. The number of H-pyrrole nitrogens is 1. The summed E-state index contributed by atoms with van der Waals surface area (Å²) in [5.74, 6) is 2.15. The van der Waals surface area contributed by atoms with E-state index < -0.39 is 5.92 Å². The highest BCUT2D eigenvalue weighted by molar-refractivity contribution is 5.73. The normalized spacial score (nSPS) is 14.6. The lowest BCUT2D eigenvalue weighted by molar-refractivity contribution is 0.310. The van der Waals surface area contributed by atoms with Gasteiger partial charge in [-0.05, 0) is 49.7 Å². The largest absolute Gasteiger partial charge is 0.493 e. The summed E-state index contributed by atoms with van der Waals surface area (Å²) in [6.45, 7) is 4.82. The maximum atomic E-state index is 9.97. The number of nitrogens with one attached hydrogen (secondary N) is 1. The fourth-order valence-electron chi connectivity index (χ4n) is 4.03. The van der Waals surface area contributed by atoms with E-state index in [2.05, 4.69) is 16.3 Å². The summed E-state index contributed by atoms with van der Waals surface area (Å²) in [7, 11) is 3.15. The van der Waals surface area contributed by atoms with E-state index in [4.69, 9.17) is 29.4 Å². The van der Waals surface area contributed by atoms with E-state index in [-0.39, 0.29) is 11.5 Å². The molecule has 3 aromatic rings. The maximum absolute atomic E-state index is 9.97. The van der Waals surface area contributed by atoms with Gasteiger partial charge in [0.05, 0.1) is 44.6 Å². The average Bonchev–Trinajstić information content (AvgIpc) is 3.27. The van der Waals surface area contributed by atoms with Gasteiger partial charge in [0, 0.05) is 5.56 Å². The molecule has 1 aliphatic heterocycles. The summed E-state index contributed by atoms with van der Waals surface area (Å²) in [6.07, 6.45) is 0. The lowest BCUT2D eigenvalue weighted by atomic mass is 9.83. The molecule has 0 fully saturated rings. The number of allylic oxidation sites excluding steroid dienone is 1. The van der Waals surface area contributed by atoms with Crippen LogP contribution in [0.25, 0.3) is 11.3 Å². The molecule has 0 radical (unpaired) electrons. The summed E-state index contributed by atoms with van der Waals surface area (Å²) in [4.78, 5) is 0. The monoisotopic (exact) mass is 462 g/mol. The number of ether oxygens (including phenoxy) is 5.